The molecule has 0 spiro atoms. The summed E-state index contributed by atoms with van der Waals surface area (Å²) >= 11 is 2.85. The Kier molecular flexibility index (Phi) is 4.50. The Bertz CT molecular complexity index is 849. The van der Waals surface area contributed by atoms with Gasteiger partial charge in [0.1, 0.15) is 0 Å². The normalized spacial score (nSPS) is 11.0. The lowest BCUT2D eigenvalue weighted by atomic mass is 10.1. The molecule has 0 atom stereocenters. The second kappa shape index (κ2) is 6.55. The fraction of sp³-hybridized carbons (Fsp3) is 0.167. The van der Waals surface area contributed by atoms with Crippen LogP contribution in [0.15, 0.2) is 59.5 Å². The van der Waals surface area contributed by atoms with Crippen molar-refractivity contribution >= 4 is 49.5 Å². The summed E-state index contributed by atoms with van der Waals surface area (Å²) in [4.78, 5) is 12.8. The van der Waals surface area contributed by atoms with Gasteiger partial charge in [0.25, 0.3) is 0 Å². The second-order valence-corrected chi connectivity index (χ2v) is 6.86. The van der Waals surface area contributed by atoms with Crippen LogP contribution in [0.2, 0.25) is 0 Å². The van der Waals surface area contributed by atoms with Crippen LogP contribution in [0.25, 0.3) is 20.2 Å². The van der Waals surface area contributed by atoms with E-state index in [9.17, 15) is 4.79 Å². The molecular formula is C18H16O2S2. The first-order valence-electron chi connectivity index (χ1n) is 7.17. The Morgan fingerprint density at radius 3 is 2.77 bits per heavy atom. The number of fused-ring (bicyclic) bond motifs is 3. The standard InChI is InChI=1S/C18H16O2S2/c1-3-7-12(2)18(19)20-22-16-11-6-9-14-13-8-4-5-10-15(13)21-17(14)16/h4-6,8-11H,2-3,7H2,1H3. The van der Waals surface area contributed by atoms with Crippen molar-refractivity contribution in [1.29, 1.82) is 0 Å². The molecule has 3 aromatic rings. The molecule has 0 amide bonds. The van der Waals surface area contributed by atoms with Crippen molar-refractivity contribution in [3.63, 3.8) is 0 Å². The van der Waals surface area contributed by atoms with Crippen LogP contribution in [0.5, 0.6) is 0 Å². The molecule has 0 unspecified atom stereocenters. The van der Waals surface area contributed by atoms with Crippen molar-refractivity contribution in [2.45, 2.75) is 24.7 Å². The third-order valence-corrected chi connectivity index (χ3v) is 5.52. The molecule has 0 aliphatic carbocycles. The highest BCUT2D eigenvalue weighted by Crippen LogP contribution is 2.39. The lowest BCUT2D eigenvalue weighted by molar-refractivity contribution is -0.129. The van der Waals surface area contributed by atoms with Gasteiger partial charge in [-0.3, -0.25) is 0 Å². The highest BCUT2D eigenvalue weighted by Gasteiger charge is 2.13. The van der Waals surface area contributed by atoms with E-state index in [1.54, 1.807) is 11.3 Å². The Morgan fingerprint density at radius 2 is 1.95 bits per heavy atom. The molecule has 0 N–H and O–H groups in total. The molecule has 0 fully saturated rings. The summed E-state index contributed by atoms with van der Waals surface area (Å²) in [6.07, 6.45) is 1.57. The number of carbonyl (C=O) groups is 1. The van der Waals surface area contributed by atoms with Crippen LogP contribution in [0.3, 0.4) is 0 Å². The number of rotatable bonds is 5. The van der Waals surface area contributed by atoms with E-state index in [1.165, 1.54) is 15.5 Å². The van der Waals surface area contributed by atoms with Gasteiger partial charge in [-0.25, -0.2) is 4.79 Å². The van der Waals surface area contributed by atoms with Crippen LogP contribution in [-0.4, -0.2) is 5.97 Å². The first kappa shape index (κ1) is 15.1. The lowest BCUT2D eigenvalue weighted by Crippen LogP contribution is -2.01. The van der Waals surface area contributed by atoms with Gasteiger partial charge in [0.15, 0.2) is 0 Å². The maximum atomic E-state index is 11.9. The summed E-state index contributed by atoms with van der Waals surface area (Å²) in [7, 11) is 0. The third-order valence-electron chi connectivity index (χ3n) is 3.42. The summed E-state index contributed by atoms with van der Waals surface area (Å²) in [5.74, 6) is -0.329. The third kappa shape index (κ3) is 2.89. The monoisotopic (exact) mass is 328 g/mol. The molecule has 0 bridgehead atoms. The predicted molar refractivity (Wildman–Crippen MR) is 95.3 cm³/mol. The van der Waals surface area contributed by atoms with Gasteiger partial charge >= 0.3 is 5.97 Å². The van der Waals surface area contributed by atoms with E-state index in [1.807, 2.05) is 31.2 Å². The molecular weight excluding hydrogens is 312 g/mol. The Balaban J connectivity index is 1.88. The quantitative estimate of drug-likeness (QED) is 0.427. The van der Waals surface area contributed by atoms with Gasteiger partial charge in [-0.05, 0) is 18.6 Å². The number of hydrogen-bond acceptors (Lipinski definition) is 4. The van der Waals surface area contributed by atoms with Crippen molar-refractivity contribution in [3.8, 4) is 0 Å². The minimum atomic E-state index is -0.329. The van der Waals surface area contributed by atoms with Crippen LogP contribution in [-0.2, 0) is 8.98 Å². The smallest absolute Gasteiger partial charge is 0.345 e. The molecule has 1 heterocycles. The number of thiophene rings is 1. The van der Waals surface area contributed by atoms with E-state index in [0.717, 1.165) is 28.1 Å². The van der Waals surface area contributed by atoms with Crippen LogP contribution in [0, 0.1) is 0 Å². The minimum Gasteiger partial charge on any atom is -0.383 e. The number of benzene rings is 2. The summed E-state index contributed by atoms with van der Waals surface area (Å²) in [5, 5.41) is 2.45. The van der Waals surface area contributed by atoms with E-state index in [0.29, 0.717) is 12.0 Å². The van der Waals surface area contributed by atoms with Crippen molar-refractivity contribution in [2.75, 3.05) is 0 Å². The topological polar surface area (TPSA) is 26.3 Å². The SMILES string of the molecule is C=C(CCC)C(=O)OSc1cccc2c1sc1ccccc12. The summed E-state index contributed by atoms with van der Waals surface area (Å²) in [6, 6.07) is 14.4. The largest absolute Gasteiger partial charge is 0.383 e. The highest BCUT2D eigenvalue weighted by molar-refractivity contribution is 7.95. The molecule has 0 aliphatic rings. The summed E-state index contributed by atoms with van der Waals surface area (Å²) in [6.45, 7) is 5.79. The predicted octanol–water partition coefficient (Wildman–Crippen LogP) is 5.96. The molecule has 2 aromatic carbocycles. The number of carbonyl (C=O) groups excluding carboxylic acids is 1. The Labute approximate surface area is 138 Å². The van der Waals surface area contributed by atoms with Gasteiger partial charge in [-0.1, -0.05) is 50.3 Å². The zero-order chi connectivity index (χ0) is 15.5. The van der Waals surface area contributed by atoms with Crippen LogP contribution in [0.1, 0.15) is 19.8 Å². The Morgan fingerprint density at radius 1 is 1.18 bits per heavy atom. The van der Waals surface area contributed by atoms with Crippen LogP contribution < -0.4 is 0 Å². The average Bonchev–Trinajstić information content (AvgIpc) is 2.92. The zero-order valence-corrected chi connectivity index (χ0v) is 13.9. The van der Waals surface area contributed by atoms with E-state index in [-0.39, 0.29) is 5.97 Å². The van der Waals surface area contributed by atoms with Gasteiger partial charge in [0.05, 0.1) is 21.6 Å². The molecule has 0 radical (unpaired) electrons. The molecule has 22 heavy (non-hydrogen) atoms. The molecule has 2 nitrogen and oxygen atoms in total. The molecule has 0 saturated carbocycles. The maximum Gasteiger partial charge on any atom is 0.345 e. The van der Waals surface area contributed by atoms with Crippen molar-refractivity contribution < 1.29 is 8.98 Å². The van der Waals surface area contributed by atoms with Gasteiger partial charge in [0, 0.05) is 21.0 Å². The van der Waals surface area contributed by atoms with Gasteiger partial charge in [0.2, 0.25) is 0 Å². The Hall–Kier alpha value is -1.78. The van der Waals surface area contributed by atoms with Crippen LogP contribution in [0.4, 0.5) is 0 Å². The number of hydrogen-bond donors (Lipinski definition) is 0. The van der Waals surface area contributed by atoms with Crippen molar-refractivity contribution in [3.05, 3.63) is 54.6 Å². The molecule has 112 valence electrons. The molecule has 0 aliphatic heterocycles. The summed E-state index contributed by atoms with van der Waals surface area (Å²) < 4.78 is 7.73. The van der Waals surface area contributed by atoms with E-state index < -0.39 is 0 Å². The molecule has 1 aromatic heterocycles. The van der Waals surface area contributed by atoms with Crippen molar-refractivity contribution in [2.24, 2.45) is 0 Å². The van der Waals surface area contributed by atoms with Crippen molar-refractivity contribution in [1.82, 2.24) is 0 Å². The first-order chi connectivity index (χ1) is 10.7. The van der Waals surface area contributed by atoms with E-state index in [2.05, 4.69) is 24.8 Å². The van der Waals surface area contributed by atoms with Gasteiger partial charge in [-0.2, -0.15) is 0 Å². The zero-order valence-electron chi connectivity index (χ0n) is 12.3. The fourth-order valence-electron chi connectivity index (χ4n) is 2.33. The molecule has 0 saturated heterocycles. The lowest BCUT2D eigenvalue weighted by Gasteiger charge is -2.05. The molecule has 3 rings (SSSR count). The second-order valence-electron chi connectivity index (χ2n) is 5.04. The fourth-order valence-corrected chi connectivity index (χ4v) is 4.27. The highest BCUT2D eigenvalue weighted by atomic mass is 32.2. The first-order valence-corrected chi connectivity index (χ1v) is 8.73. The van der Waals surface area contributed by atoms with Gasteiger partial charge in [-0.15, -0.1) is 11.3 Å². The average molecular weight is 328 g/mol. The van der Waals surface area contributed by atoms with Gasteiger partial charge < -0.3 is 4.18 Å². The van der Waals surface area contributed by atoms with Crippen LogP contribution >= 0.6 is 23.4 Å². The molecule has 4 heteroatoms. The van der Waals surface area contributed by atoms with E-state index >= 15 is 0 Å². The maximum absolute atomic E-state index is 11.9. The minimum absolute atomic E-state index is 0.329. The van der Waals surface area contributed by atoms with E-state index in [4.69, 9.17) is 4.18 Å². The summed E-state index contributed by atoms with van der Waals surface area (Å²) in [5.41, 5.74) is 0.526.